The van der Waals surface area contributed by atoms with Crippen LogP contribution < -0.4 is 10.6 Å². The van der Waals surface area contributed by atoms with E-state index in [1.807, 2.05) is 0 Å². The van der Waals surface area contributed by atoms with Crippen LogP contribution in [-0.4, -0.2) is 41.0 Å². The fraction of sp³-hybridized carbons (Fsp3) is 0.588. The summed E-state index contributed by atoms with van der Waals surface area (Å²) in [7, 11) is 0. The second-order valence-corrected chi connectivity index (χ2v) is 6.32. The lowest BCUT2D eigenvalue weighted by atomic mass is 9.95. The molecule has 4 N–H and O–H groups in total. The van der Waals surface area contributed by atoms with Crippen molar-refractivity contribution in [1.29, 1.82) is 0 Å². The highest BCUT2D eigenvalue weighted by Crippen LogP contribution is 2.17. The summed E-state index contributed by atoms with van der Waals surface area (Å²) in [5.74, 6) is -1.95. The Kier molecular flexibility index (Phi) is 6.93. The third-order valence-electron chi connectivity index (χ3n) is 4.43. The monoisotopic (exact) mass is 342 g/mol. The zero-order valence-electron chi connectivity index (χ0n) is 13.5. The van der Waals surface area contributed by atoms with Gasteiger partial charge in [-0.2, -0.15) is 0 Å². The SMILES string of the molecule is O=C(O)N[C@@H](Cc1ccc(F)c(F)c1)[C@H](O)CNC1CCCCC1. The molecule has 0 aliphatic heterocycles. The number of hydrogen-bond donors (Lipinski definition) is 4. The van der Waals surface area contributed by atoms with Crippen molar-refractivity contribution in [2.75, 3.05) is 6.54 Å². The topological polar surface area (TPSA) is 81.6 Å². The van der Waals surface area contributed by atoms with Crippen LogP contribution in [0.25, 0.3) is 0 Å². The number of hydrogen-bond acceptors (Lipinski definition) is 3. The van der Waals surface area contributed by atoms with E-state index in [1.54, 1.807) is 0 Å². The molecule has 0 aromatic heterocycles. The van der Waals surface area contributed by atoms with Crippen LogP contribution in [0.4, 0.5) is 13.6 Å². The summed E-state index contributed by atoms with van der Waals surface area (Å²) in [6.07, 6.45) is 3.48. The lowest BCUT2D eigenvalue weighted by Gasteiger charge is -2.27. The summed E-state index contributed by atoms with van der Waals surface area (Å²) < 4.78 is 26.3. The van der Waals surface area contributed by atoms with Gasteiger partial charge in [0.2, 0.25) is 0 Å². The molecule has 1 fully saturated rings. The number of benzene rings is 1. The van der Waals surface area contributed by atoms with Crippen LogP contribution >= 0.6 is 0 Å². The van der Waals surface area contributed by atoms with Gasteiger partial charge in [-0.25, -0.2) is 13.6 Å². The molecular weight excluding hydrogens is 318 g/mol. The number of nitrogens with one attached hydrogen (secondary N) is 2. The number of aliphatic hydroxyl groups is 1. The molecule has 1 aliphatic rings. The second-order valence-electron chi connectivity index (χ2n) is 6.32. The Morgan fingerprint density at radius 3 is 2.54 bits per heavy atom. The van der Waals surface area contributed by atoms with Crippen molar-refractivity contribution >= 4 is 6.09 Å². The quantitative estimate of drug-likeness (QED) is 0.613. The summed E-state index contributed by atoms with van der Waals surface area (Å²) in [5.41, 5.74) is 0.421. The first-order chi connectivity index (χ1) is 11.5. The highest BCUT2D eigenvalue weighted by molar-refractivity contribution is 5.65. The van der Waals surface area contributed by atoms with E-state index in [1.165, 1.54) is 12.5 Å². The largest absolute Gasteiger partial charge is 0.465 e. The summed E-state index contributed by atoms with van der Waals surface area (Å²) in [6, 6.07) is 2.93. The fourth-order valence-corrected chi connectivity index (χ4v) is 3.10. The minimum Gasteiger partial charge on any atom is -0.465 e. The van der Waals surface area contributed by atoms with E-state index in [2.05, 4.69) is 10.6 Å². The Morgan fingerprint density at radius 1 is 1.21 bits per heavy atom. The molecule has 1 amide bonds. The Labute approximate surface area is 140 Å². The van der Waals surface area contributed by atoms with Gasteiger partial charge < -0.3 is 20.8 Å². The zero-order valence-corrected chi connectivity index (χ0v) is 13.5. The maximum atomic E-state index is 13.3. The molecule has 0 heterocycles. The number of halogens is 2. The van der Waals surface area contributed by atoms with Crippen molar-refractivity contribution in [2.45, 2.75) is 56.7 Å². The Balaban J connectivity index is 1.94. The summed E-state index contributed by atoms with van der Waals surface area (Å²) >= 11 is 0. The van der Waals surface area contributed by atoms with Crippen molar-refractivity contribution in [3.8, 4) is 0 Å². The molecule has 0 spiro atoms. The fourth-order valence-electron chi connectivity index (χ4n) is 3.10. The number of carbonyl (C=O) groups is 1. The van der Waals surface area contributed by atoms with Gasteiger partial charge in [0, 0.05) is 12.6 Å². The highest BCUT2D eigenvalue weighted by atomic mass is 19.2. The van der Waals surface area contributed by atoms with E-state index in [9.17, 15) is 18.7 Å². The predicted octanol–water partition coefficient (Wildman–Crippen LogP) is 2.43. The molecule has 0 unspecified atom stereocenters. The van der Waals surface area contributed by atoms with Crippen molar-refractivity contribution < 1.29 is 23.8 Å². The molecule has 0 saturated heterocycles. The van der Waals surface area contributed by atoms with E-state index in [0.717, 1.165) is 37.8 Å². The molecule has 0 radical (unpaired) electrons. The van der Waals surface area contributed by atoms with Gasteiger partial charge >= 0.3 is 6.09 Å². The summed E-state index contributed by atoms with van der Waals surface area (Å²) in [5, 5.41) is 24.8. The lowest BCUT2D eigenvalue weighted by Crippen LogP contribution is -2.50. The van der Waals surface area contributed by atoms with Crippen LogP contribution in [0, 0.1) is 11.6 Å². The van der Waals surface area contributed by atoms with Gasteiger partial charge in [0.05, 0.1) is 12.1 Å². The van der Waals surface area contributed by atoms with Crippen LogP contribution in [0.3, 0.4) is 0 Å². The van der Waals surface area contributed by atoms with E-state index >= 15 is 0 Å². The average molecular weight is 342 g/mol. The molecule has 24 heavy (non-hydrogen) atoms. The molecule has 1 aromatic rings. The summed E-state index contributed by atoms with van der Waals surface area (Å²) in [6.45, 7) is 0.249. The first-order valence-electron chi connectivity index (χ1n) is 8.30. The zero-order chi connectivity index (χ0) is 17.5. The number of carboxylic acid groups (broad SMARTS) is 1. The molecule has 1 saturated carbocycles. The minimum atomic E-state index is -1.26. The Morgan fingerprint density at radius 2 is 1.92 bits per heavy atom. The van der Waals surface area contributed by atoms with E-state index in [-0.39, 0.29) is 13.0 Å². The van der Waals surface area contributed by atoms with Crippen molar-refractivity contribution in [3.05, 3.63) is 35.4 Å². The lowest BCUT2D eigenvalue weighted by molar-refractivity contribution is 0.113. The third-order valence-corrected chi connectivity index (χ3v) is 4.43. The normalized spacial score (nSPS) is 18.1. The highest BCUT2D eigenvalue weighted by Gasteiger charge is 2.23. The van der Waals surface area contributed by atoms with Gasteiger partial charge in [0.25, 0.3) is 0 Å². The standard InChI is InChI=1S/C17H24F2N2O3/c18-13-7-6-11(8-14(13)19)9-15(21-17(23)24)16(22)10-20-12-4-2-1-3-5-12/h6-8,12,15-16,20-22H,1-5,9-10H2,(H,23,24)/t15-,16+/m0/s1. The first-order valence-corrected chi connectivity index (χ1v) is 8.30. The maximum Gasteiger partial charge on any atom is 0.404 e. The minimum absolute atomic E-state index is 0.0804. The van der Waals surface area contributed by atoms with Crippen LogP contribution in [0.5, 0.6) is 0 Å². The molecule has 5 nitrogen and oxygen atoms in total. The van der Waals surface area contributed by atoms with E-state index in [4.69, 9.17) is 5.11 Å². The van der Waals surface area contributed by atoms with Crippen LogP contribution in [0.1, 0.15) is 37.7 Å². The second kappa shape index (κ2) is 8.94. The van der Waals surface area contributed by atoms with Gasteiger partial charge in [0.15, 0.2) is 11.6 Å². The molecular formula is C17H24F2N2O3. The average Bonchev–Trinajstić information content (AvgIpc) is 2.56. The number of amides is 1. The van der Waals surface area contributed by atoms with Crippen molar-refractivity contribution in [3.63, 3.8) is 0 Å². The molecule has 1 aliphatic carbocycles. The van der Waals surface area contributed by atoms with Crippen molar-refractivity contribution in [1.82, 2.24) is 10.6 Å². The number of rotatable bonds is 7. The Hall–Kier alpha value is -1.73. The Bertz CT molecular complexity index is 551. The molecule has 0 bridgehead atoms. The van der Waals surface area contributed by atoms with Crippen molar-refractivity contribution in [2.24, 2.45) is 0 Å². The molecule has 2 rings (SSSR count). The van der Waals surface area contributed by atoms with Crippen LogP contribution in [0.15, 0.2) is 18.2 Å². The predicted molar refractivity (Wildman–Crippen MR) is 85.9 cm³/mol. The molecule has 134 valence electrons. The number of aliphatic hydroxyl groups excluding tert-OH is 1. The molecule has 2 atom stereocenters. The van der Waals surface area contributed by atoms with Gasteiger partial charge in [-0.1, -0.05) is 25.3 Å². The van der Waals surface area contributed by atoms with E-state index < -0.39 is 29.9 Å². The summed E-state index contributed by atoms with van der Waals surface area (Å²) in [4.78, 5) is 11.0. The maximum absolute atomic E-state index is 13.3. The van der Waals surface area contributed by atoms with Crippen LogP contribution in [0.2, 0.25) is 0 Å². The molecule has 1 aromatic carbocycles. The van der Waals surface area contributed by atoms with Crippen LogP contribution in [-0.2, 0) is 6.42 Å². The van der Waals surface area contributed by atoms with Gasteiger partial charge in [-0.05, 0) is 37.0 Å². The molecule has 7 heteroatoms. The first kappa shape index (κ1) is 18.6. The van der Waals surface area contributed by atoms with Gasteiger partial charge in [0.1, 0.15) is 0 Å². The van der Waals surface area contributed by atoms with Gasteiger partial charge in [-0.15, -0.1) is 0 Å². The van der Waals surface area contributed by atoms with Gasteiger partial charge in [-0.3, -0.25) is 0 Å². The third kappa shape index (κ3) is 5.72. The smallest absolute Gasteiger partial charge is 0.404 e. The van der Waals surface area contributed by atoms with E-state index in [0.29, 0.717) is 11.6 Å².